The lowest BCUT2D eigenvalue weighted by Gasteiger charge is -2.08. The minimum Gasteiger partial charge on any atom is -0.497 e. The molecule has 0 bridgehead atoms. The Labute approximate surface area is 188 Å². The highest BCUT2D eigenvalue weighted by molar-refractivity contribution is 5.76. The van der Waals surface area contributed by atoms with Crippen LogP contribution in [-0.2, 0) is 17.8 Å². The van der Waals surface area contributed by atoms with E-state index in [-0.39, 0.29) is 30.3 Å². The van der Waals surface area contributed by atoms with E-state index < -0.39 is 0 Å². The van der Waals surface area contributed by atoms with E-state index in [1.54, 1.807) is 48.2 Å². The third kappa shape index (κ3) is 4.10. The molecule has 4 aromatic rings. The Bertz CT molecular complexity index is 1380. The van der Waals surface area contributed by atoms with Crippen LogP contribution in [0.5, 0.6) is 17.2 Å². The first-order chi connectivity index (χ1) is 16.1. The van der Waals surface area contributed by atoms with E-state index in [2.05, 4.69) is 15.5 Å². The smallest absolute Gasteiger partial charge is 0.300 e. The molecule has 33 heavy (non-hydrogen) atoms. The standard InChI is InChI=1S/C23H21N5O5/c1-31-17-5-3-16(4-6-17)27-10-11-28-20(25-26-22(28)23(27)30)8-9-21(29)24-13-15-2-7-18-19(12-15)33-14-32-18/h2-7,10-12H,8-9,13-14H2,1H3,(H,24,29). The van der Waals surface area contributed by atoms with Crippen molar-refractivity contribution in [2.24, 2.45) is 0 Å². The SMILES string of the molecule is COc1ccc(-n2ccn3c(CCC(=O)NCc4ccc5c(c4)OCO5)nnc3c2=O)cc1. The lowest BCUT2D eigenvalue weighted by atomic mass is 10.2. The second kappa shape index (κ2) is 8.65. The number of methoxy groups -OCH3 is 1. The van der Waals surface area contributed by atoms with Crippen molar-refractivity contribution in [3.63, 3.8) is 0 Å². The summed E-state index contributed by atoms with van der Waals surface area (Å²) in [5.41, 5.74) is 1.51. The van der Waals surface area contributed by atoms with Crippen LogP contribution in [0, 0.1) is 0 Å². The predicted octanol–water partition coefficient (Wildman–Crippen LogP) is 1.87. The highest BCUT2D eigenvalue weighted by Crippen LogP contribution is 2.32. The third-order valence-electron chi connectivity index (χ3n) is 5.39. The number of aryl methyl sites for hydroxylation is 1. The molecule has 1 N–H and O–H groups in total. The largest absolute Gasteiger partial charge is 0.497 e. The van der Waals surface area contributed by atoms with Crippen LogP contribution in [0.3, 0.4) is 0 Å². The molecule has 2 aromatic heterocycles. The van der Waals surface area contributed by atoms with Gasteiger partial charge in [0.2, 0.25) is 18.3 Å². The Kier molecular flexibility index (Phi) is 5.39. The van der Waals surface area contributed by atoms with Gasteiger partial charge >= 0.3 is 5.56 Å². The average molecular weight is 447 g/mol. The molecule has 168 valence electrons. The summed E-state index contributed by atoms with van der Waals surface area (Å²) in [4.78, 5) is 25.2. The third-order valence-corrected chi connectivity index (χ3v) is 5.39. The molecule has 2 aromatic carbocycles. The van der Waals surface area contributed by atoms with Crippen LogP contribution in [-0.4, -0.2) is 39.0 Å². The molecule has 1 aliphatic heterocycles. The Morgan fingerprint density at radius 1 is 1.09 bits per heavy atom. The first-order valence-corrected chi connectivity index (χ1v) is 10.4. The van der Waals surface area contributed by atoms with Gasteiger partial charge in [-0.2, -0.15) is 0 Å². The first-order valence-electron chi connectivity index (χ1n) is 10.4. The van der Waals surface area contributed by atoms with Crippen molar-refractivity contribution in [1.29, 1.82) is 0 Å². The number of fused-ring (bicyclic) bond motifs is 2. The number of nitrogens with one attached hydrogen (secondary N) is 1. The molecule has 0 saturated carbocycles. The number of benzene rings is 2. The van der Waals surface area contributed by atoms with E-state index >= 15 is 0 Å². The fourth-order valence-corrected chi connectivity index (χ4v) is 3.62. The fraction of sp³-hybridized carbons (Fsp3) is 0.217. The van der Waals surface area contributed by atoms with E-state index in [0.717, 1.165) is 5.56 Å². The van der Waals surface area contributed by atoms with Crippen LogP contribution in [0.2, 0.25) is 0 Å². The van der Waals surface area contributed by atoms with Crippen molar-refractivity contribution < 1.29 is 19.0 Å². The Morgan fingerprint density at radius 2 is 1.91 bits per heavy atom. The van der Waals surface area contributed by atoms with Gasteiger partial charge < -0.3 is 19.5 Å². The topological polar surface area (TPSA) is 109 Å². The van der Waals surface area contributed by atoms with Crippen LogP contribution in [0.4, 0.5) is 0 Å². The van der Waals surface area contributed by atoms with Gasteiger partial charge in [0.25, 0.3) is 0 Å². The molecule has 0 spiro atoms. The number of ether oxygens (including phenoxy) is 3. The van der Waals surface area contributed by atoms with Crippen LogP contribution in [0.1, 0.15) is 17.8 Å². The molecule has 10 nitrogen and oxygen atoms in total. The normalized spacial score (nSPS) is 12.2. The van der Waals surface area contributed by atoms with E-state index in [0.29, 0.717) is 41.7 Å². The summed E-state index contributed by atoms with van der Waals surface area (Å²) in [5.74, 6) is 2.50. The van der Waals surface area contributed by atoms with Gasteiger partial charge in [0.05, 0.1) is 7.11 Å². The van der Waals surface area contributed by atoms with E-state index in [1.807, 2.05) is 18.2 Å². The first kappa shape index (κ1) is 20.6. The van der Waals surface area contributed by atoms with E-state index in [1.165, 1.54) is 4.57 Å². The predicted molar refractivity (Wildman–Crippen MR) is 118 cm³/mol. The van der Waals surface area contributed by atoms with Crippen molar-refractivity contribution in [2.45, 2.75) is 19.4 Å². The minimum atomic E-state index is -0.298. The monoisotopic (exact) mass is 447 g/mol. The molecular weight excluding hydrogens is 426 g/mol. The maximum atomic E-state index is 12.9. The molecule has 0 fully saturated rings. The molecule has 0 radical (unpaired) electrons. The number of carbonyl (C=O) groups excluding carboxylic acids is 1. The zero-order valence-corrected chi connectivity index (χ0v) is 17.9. The van der Waals surface area contributed by atoms with Gasteiger partial charge in [-0.15, -0.1) is 10.2 Å². The highest BCUT2D eigenvalue weighted by atomic mass is 16.7. The zero-order chi connectivity index (χ0) is 22.8. The summed E-state index contributed by atoms with van der Waals surface area (Å²) in [7, 11) is 1.59. The summed E-state index contributed by atoms with van der Waals surface area (Å²) >= 11 is 0. The number of hydrogen-bond acceptors (Lipinski definition) is 7. The summed E-state index contributed by atoms with van der Waals surface area (Å²) < 4.78 is 18.9. The Morgan fingerprint density at radius 3 is 2.73 bits per heavy atom. The van der Waals surface area contributed by atoms with Crippen molar-refractivity contribution in [3.8, 4) is 22.9 Å². The molecule has 1 aliphatic rings. The average Bonchev–Trinajstić information content (AvgIpc) is 3.49. The summed E-state index contributed by atoms with van der Waals surface area (Å²) in [6.45, 7) is 0.589. The van der Waals surface area contributed by atoms with E-state index in [9.17, 15) is 9.59 Å². The maximum absolute atomic E-state index is 12.9. The number of amides is 1. The number of rotatable bonds is 7. The minimum absolute atomic E-state index is 0.129. The van der Waals surface area contributed by atoms with Gasteiger partial charge in [0, 0.05) is 37.5 Å². The van der Waals surface area contributed by atoms with Crippen LogP contribution in [0.25, 0.3) is 11.3 Å². The Hall–Kier alpha value is -4.34. The molecule has 10 heteroatoms. The lowest BCUT2D eigenvalue weighted by Crippen LogP contribution is -2.23. The van der Waals surface area contributed by atoms with Crippen molar-refractivity contribution in [2.75, 3.05) is 13.9 Å². The summed E-state index contributed by atoms with van der Waals surface area (Å²) in [6, 6.07) is 12.7. The second-order valence-electron chi connectivity index (χ2n) is 7.45. The molecule has 0 unspecified atom stereocenters. The van der Waals surface area contributed by atoms with Crippen molar-refractivity contribution in [3.05, 3.63) is 76.6 Å². The molecule has 0 aliphatic carbocycles. The summed E-state index contributed by atoms with van der Waals surface area (Å²) in [6.07, 6.45) is 3.94. The van der Waals surface area contributed by atoms with Crippen LogP contribution in [0.15, 0.2) is 59.7 Å². The highest BCUT2D eigenvalue weighted by Gasteiger charge is 2.15. The molecular formula is C23H21N5O5. The van der Waals surface area contributed by atoms with Gasteiger partial charge in [0.15, 0.2) is 11.5 Å². The summed E-state index contributed by atoms with van der Waals surface area (Å²) in [5, 5.41) is 11.0. The van der Waals surface area contributed by atoms with Gasteiger partial charge in [-0.05, 0) is 42.0 Å². The van der Waals surface area contributed by atoms with Gasteiger partial charge in [-0.1, -0.05) is 6.07 Å². The number of carbonyl (C=O) groups is 1. The van der Waals surface area contributed by atoms with Crippen molar-refractivity contribution >= 4 is 11.6 Å². The molecule has 3 heterocycles. The van der Waals surface area contributed by atoms with Crippen LogP contribution >= 0.6 is 0 Å². The lowest BCUT2D eigenvalue weighted by molar-refractivity contribution is -0.121. The van der Waals surface area contributed by atoms with Gasteiger partial charge in [0.1, 0.15) is 11.6 Å². The number of hydrogen-bond donors (Lipinski definition) is 1. The Balaban J connectivity index is 1.24. The zero-order valence-electron chi connectivity index (χ0n) is 17.9. The number of nitrogens with zero attached hydrogens (tertiary/aromatic N) is 4. The van der Waals surface area contributed by atoms with Crippen LogP contribution < -0.4 is 25.1 Å². The van der Waals surface area contributed by atoms with E-state index in [4.69, 9.17) is 14.2 Å². The maximum Gasteiger partial charge on any atom is 0.300 e. The van der Waals surface area contributed by atoms with Crippen molar-refractivity contribution in [1.82, 2.24) is 24.5 Å². The second-order valence-corrected chi connectivity index (χ2v) is 7.45. The van der Waals surface area contributed by atoms with Gasteiger partial charge in [-0.25, -0.2) is 0 Å². The van der Waals surface area contributed by atoms with Gasteiger partial charge in [-0.3, -0.25) is 18.6 Å². The molecule has 0 atom stereocenters. The molecule has 0 saturated heterocycles. The number of aromatic nitrogens is 4. The molecule has 1 amide bonds. The quantitative estimate of drug-likeness (QED) is 0.461. The fourth-order valence-electron chi connectivity index (χ4n) is 3.62. The molecule has 5 rings (SSSR count).